The molecule has 282 valence electrons. The molecule has 4 heterocycles. The van der Waals surface area contributed by atoms with Gasteiger partial charge in [-0.25, -0.2) is 19.0 Å². The number of nitrogens with zero attached hydrogens (tertiary/aromatic N) is 4. The molecule has 3 amide bonds. The van der Waals surface area contributed by atoms with Crippen LogP contribution in [-0.2, 0) is 32.0 Å². The highest BCUT2D eigenvalue weighted by molar-refractivity contribution is 7.61. The number of aliphatic hydroxyl groups excluding tert-OH is 2. The second-order valence-corrected chi connectivity index (χ2v) is 14.7. The Hall–Kier alpha value is -4.86. The van der Waals surface area contributed by atoms with Crippen LogP contribution in [0.2, 0.25) is 0 Å². The highest BCUT2D eigenvalue weighted by Crippen LogP contribution is 2.60. The van der Waals surface area contributed by atoms with Gasteiger partial charge in [0, 0.05) is 5.69 Å². The minimum absolute atomic E-state index is 0.0956. The first-order valence-electron chi connectivity index (χ1n) is 15.4. The van der Waals surface area contributed by atoms with Crippen molar-refractivity contribution in [2.45, 2.75) is 37.9 Å². The van der Waals surface area contributed by atoms with Gasteiger partial charge < -0.3 is 40.5 Å². The summed E-state index contributed by atoms with van der Waals surface area (Å²) in [4.78, 5) is 81.7. The number of amides is 3. The van der Waals surface area contributed by atoms with E-state index in [1.54, 1.807) is 13.0 Å². The van der Waals surface area contributed by atoms with Gasteiger partial charge in [-0.15, -0.1) is 0 Å². The monoisotopic (exact) mass is 779 g/mol. The molecular weight excluding hydrogens is 748 g/mol. The number of anilines is 3. The lowest BCUT2D eigenvalue weighted by molar-refractivity contribution is -0.116. The van der Waals surface area contributed by atoms with Crippen LogP contribution in [0.15, 0.2) is 47.5 Å². The highest BCUT2D eigenvalue weighted by atomic mass is 31.3. The molecule has 22 nitrogen and oxygen atoms in total. The predicted octanol–water partition coefficient (Wildman–Crippen LogP) is 0.718. The Balaban J connectivity index is 0.983. The van der Waals surface area contributed by atoms with Crippen molar-refractivity contribution in [3.63, 3.8) is 0 Å². The van der Waals surface area contributed by atoms with Crippen molar-refractivity contribution in [1.82, 2.24) is 19.5 Å². The van der Waals surface area contributed by atoms with Crippen molar-refractivity contribution in [3.05, 3.63) is 69.8 Å². The molecule has 8 N–H and O–H groups in total. The summed E-state index contributed by atoms with van der Waals surface area (Å²) in [6.45, 7) is -0.0762. The van der Waals surface area contributed by atoms with E-state index >= 15 is 0 Å². The SMILES string of the molecule is COc1ccc2c(c1)C(=O)N(c1ccc(NC(=O)CCOP(=O)(O)OP(=O)(O)OC[C@H]3O[C@@H](n4cnc5c(=O)[nH]c(N)nc54)[C@H](O)[C@@H]3O)cc1C)C2=O. The van der Waals surface area contributed by atoms with Crippen LogP contribution in [0.4, 0.5) is 17.3 Å². The Morgan fingerprint density at radius 2 is 1.75 bits per heavy atom. The van der Waals surface area contributed by atoms with E-state index in [2.05, 4.69) is 29.1 Å². The predicted molar refractivity (Wildman–Crippen MR) is 180 cm³/mol. The minimum atomic E-state index is -5.38. The summed E-state index contributed by atoms with van der Waals surface area (Å²) >= 11 is 0. The van der Waals surface area contributed by atoms with E-state index < -0.39 is 83.1 Å². The second-order valence-electron chi connectivity index (χ2n) is 11.6. The van der Waals surface area contributed by atoms with Crippen molar-refractivity contribution in [3.8, 4) is 5.75 Å². The molecule has 2 aromatic carbocycles. The molecule has 0 spiro atoms. The van der Waals surface area contributed by atoms with Crippen molar-refractivity contribution in [2.24, 2.45) is 0 Å². The van der Waals surface area contributed by atoms with Crippen molar-refractivity contribution in [1.29, 1.82) is 0 Å². The molecule has 1 saturated heterocycles. The molecule has 2 unspecified atom stereocenters. The lowest BCUT2D eigenvalue weighted by Crippen LogP contribution is -2.33. The quantitative estimate of drug-likeness (QED) is 0.0726. The summed E-state index contributed by atoms with van der Waals surface area (Å²) in [6.07, 6.45) is -5.73. The number of rotatable bonds is 13. The molecule has 6 rings (SSSR count). The number of aromatic amines is 1. The zero-order valence-corrected chi connectivity index (χ0v) is 29.3. The van der Waals surface area contributed by atoms with E-state index in [1.165, 1.54) is 37.4 Å². The van der Waals surface area contributed by atoms with Gasteiger partial charge in [-0.05, 0) is 48.9 Å². The van der Waals surface area contributed by atoms with Gasteiger partial charge in [0.1, 0.15) is 24.1 Å². The average molecular weight is 780 g/mol. The summed E-state index contributed by atoms with van der Waals surface area (Å²) in [5.74, 6) is -1.64. The molecule has 2 aromatic heterocycles. The van der Waals surface area contributed by atoms with E-state index in [4.69, 9.17) is 19.7 Å². The smallest absolute Gasteiger partial charge is 0.481 e. The number of hydrogen-bond acceptors (Lipinski definition) is 16. The first-order valence-corrected chi connectivity index (χ1v) is 18.3. The molecule has 0 radical (unpaired) electrons. The van der Waals surface area contributed by atoms with Gasteiger partial charge in [0.05, 0.1) is 49.9 Å². The fourth-order valence-electron chi connectivity index (χ4n) is 5.60. The molecule has 6 atom stereocenters. The summed E-state index contributed by atoms with van der Waals surface area (Å²) in [5, 5.41) is 23.5. The van der Waals surface area contributed by atoms with Gasteiger partial charge in [-0.3, -0.25) is 37.8 Å². The third-order valence-corrected chi connectivity index (χ3v) is 10.7. The third kappa shape index (κ3) is 7.78. The number of phosphoric acid groups is 2. The first kappa shape index (κ1) is 37.9. The topological polar surface area (TPSA) is 317 Å². The van der Waals surface area contributed by atoms with E-state index in [9.17, 15) is 48.3 Å². The third-order valence-electron chi connectivity index (χ3n) is 8.07. The van der Waals surface area contributed by atoms with Crippen LogP contribution in [-0.4, -0.2) is 95.9 Å². The van der Waals surface area contributed by atoms with Crippen molar-refractivity contribution < 1.29 is 66.3 Å². The maximum absolute atomic E-state index is 13.0. The van der Waals surface area contributed by atoms with Gasteiger partial charge in [0.2, 0.25) is 11.9 Å². The lowest BCUT2D eigenvalue weighted by atomic mass is 10.1. The standard InChI is InChI=1S/C29H31N7O15P2/c1-13-9-14(3-6-18(13)36-26(41)16-5-4-15(47-2)10-17(16)27(36)42)32-20(37)7-8-48-52(43,44)51-53(45,46)49-11-19-22(38)23(39)28(50-19)35-12-31-21-24(35)33-29(30)34-25(21)40/h3-6,9-10,12,19,22-23,28,38-39H,7-8,11H2,1-2H3,(H,32,37)(H,43,44)(H,45,46)(H3,30,33,34,40)/t19-,22-,23-,28-/m1/s1. The molecular formula is C29H31N7O15P2. The van der Waals surface area contributed by atoms with Crippen molar-refractivity contribution in [2.75, 3.05) is 36.3 Å². The van der Waals surface area contributed by atoms with Crippen LogP contribution in [0.1, 0.15) is 38.9 Å². The number of carbonyl (C=O) groups excluding carboxylic acids is 3. The maximum atomic E-state index is 13.0. The molecule has 1 fully saturated rings. The normalized spacial score (nSPS) is 22.1. The van der Waals surface area contributed by atoms with Crippen LogP contribution in [0, 0.1) is 6.92 Å². The Kier molecular flexibility index (Phi) is 10.4. The lowest BCUT2D eigenvalue weighted by Gasteiger charge is -2.19. The van der Waals surface area contributed by atoms with Gasteiger partial charge in [0.15, 0.2) is 17.4 Å². The fourth-order valence-corrected chi connectivity index (χ4v) is 7.68. The summed E-state index contributed by atoms with van der Waals surface area (Å²) in [7, 11) is -9.26. The van der Waals surface area contributed by atoms with Crippen LogP contribution < -0.4 is 26.2 Å². The number of aryl methyl sites for hydroxylation is 1. The Morgan fingerprint density at radius 1 is 1.04 bits per heavy atom. The molecule has 24 heteroatoms. The number of nitrogen functional groups attached to an aromatic ring is 1. The number of nitrogens with two attached hydrogens (primary N) is 1. The Labute approximate surface area is 297 Å². The number of aromatic nitrogens is 4. The number of nitrogens with one attached hydrogen (secondary N) is 2. The first-order chi connectivity index (χ1) is 25.0. The number of fused-ring (bicyclic) bond motifs is 2. The number of imidazole rings is 1. The van der Waals surface area contributed by atoms with E-state index in [1.807, 2.05) is 0 Å². The fraction of sp³-hybridized carbons (Fsp3) is 0.310. The highest BCUT2D eigenvalue weighted by Gasteiger charge is 2.46. The average Bonchev–Trinajstić information content (AvgIpc) is 3.70. The van der Waals surface area contributed by atoms with Crippen LogP contribution in [0.25, 0.3) is 11.2 Å². The second kappa shape index (κ2) is 14.5. The van der Waals surface area contributed by atoms with Gasteiger partial charge in [-0.2, -0.15) is 9.29 Å². The molecule has 0 bridgehead atoms. The zero-order valence-electron chi connectivity index (χ0n) is 27.5. The van der Waals surface area contributed by atoms with Crippen LogP contribution in [0.5, 0.6) is 5.75 Å². The largest absolute Gasteiger partial charge is 0.497 e. The van der Waals surface area contributed by atoms with Gasteiger partial charge >= 0.3 is 15.6 Å². The van der Waals surface area contributed by atoms with E-state index in [0.29, 0.717) is 11.3 Å². The number of H-pyrrole nitrogens is 1. The molecule has 2 aliphatic rings. The number of imide groups is 1. The molecule has 0 aliphatic carbocycles. The number of benzene rings is 2. The molecule has 4 aromatic rings. The maximum Gasteiger partial charge on any atom is 0.481 e. The van der Waals surface area contributed by atoms with Gasteiger partial charge in [0.25, 0.3) is 17.4 Å². The van der Waals surface area contributed by atoms with Gasteiger partial charge in [-0.1, -0.05) is 0 Å². The molecule has 2 aliphatic heterocycles. The van der Waals surface area contributed by atoms with Crippen molar-refractivity contribution >= 4 is 61.9 Å². The number of phosphoric ester groups is 2. The molecule has 53 heavy (non-hydrogen) atoms. The number of hydrogen-bond donors (Lipinski definition) is 7. The van der Waals surface area contributed by atoms with Crippen LogP contribution >= 0.6 is 15.6 Å². The number of aliphatic hydroxyl groups is 2. The number of carbonyl (C=O) groups is 3. The van der Waals surface area contributed by atoms with Crippen LogP contribution in [0.3, 0.4) is 0 Å². The van der Waals surface area contributed by atoms with E-state index in [-0.39, 0.29) is 39.6 Å². The number of ether oxygens (including phenoxy) is 2. The minimum Gasteiger partial charge on any atom is -0.497 e. The summed E-state index contributed by atoms with van der Waals surface area (Å²) < 4.78 is 50.2. The van der Waals surface area contributed by atoms with E-state index in [0.717, 1.165) is 15.8 Å². The number of methoxy groups -OCH3 is 1. The molecule has 0 saturated carbocycles. The Morgan fingerprint density at radius 3 is 2.47 bits per heavy atom. The summed E-state index contributed by atoms with van der Waals surface area (Å²) in [5.41, 5.74) is 6.03. The zero-order chi connectivity index (χ0) is 38.4. The Bertz CT molecular complexity index is 2280. The summed E-state index contributed by atoms with van der Waals surface area (Å²) in [6, 6.07) is 8.91.